The van der Waals surface area contributed by atoms with E-state index in [9.17, 15) is 4.79 Å². The molecule has 4 nitrogen and oxygen atoms in total. The van der Waals surface area contributed by atoms with Crippen LogP contribution in [-0.2, 0) is 16.0 Å². The van der Waals surface area contributed by atoms with E-state index >= 15 is 0 Å². The maximum atomic E-state index is 11.6. The Morgan fingerprint density at radius 1 is 1.24 bits per heavy atom. The molecular formula is C13H19NO3. The Morgan fingerprint density at radius 2 is 1.88 bits per heavy atom. The highest BCUT2D eigenvalue weighted by molar-refractivity contribution is 5.89. The first-order chi connectivity index (χ1) is 8.13. The second-order valence-electron chi connectivity index (χ2n) is 3.96. The van der Waals surface area contributed by atoms with Crippen molar-refractivity contribution in [1.82, 2.24) is 0 Å². The molecule has 4 heteroatoms. The Kier molecular flexibility index (Phi) is 5.66. The smallest absolute Gasteiger partial charge is 0.338 e. The standard InChI is InChI=1S/C13H19NO3/c1-10(2)16-7-8-17-13(15)12-5-3-11(9-14)4-6-12/h3-6,10H,7-9,14H2,1-2H3. The molecule has 0 aliphatic rings. The van der Waals surface area contributed by atoms with Crippen LogP contribution in [0.5, 0.6) is 0 Å². The molecule has 0 unspecified atom stereocenters. The van der Waals surface area contributed by atoms with Gasteiger partial charge in [-0.05, 0) is 31.5 Å². The van der Waals surface area contributed by atoms with E-state index in [1.165, 1.54) is 0 Å². The van der Waals surface area contributed by atoms with Crippen molar-refractivity contribution in [1.29, 1.82) is 0 Å². The van der Waals surface area contributed by atoms with Crippen molar-refractivity contribution in [3.8, 4) is 0 Å². The van der Waals surface area contributed by atoms with Crippen LogP contribution < -0.4 is 5.73 Å². The molecule has 0 aliphatic carbocycles. The van der Waals surface area contributed by atoms with Crippen molar-refractivity contribution in [2.45, 2.75) is 26.5 Å². The van der Waals surface area contributed by atoms with E-state index in [1.807, 2.05) is 26.0 Å². The molecule has 1 aromatic rings. The van der Waals surface area contributed by atoms with Gasteiger partial charge in [0, 0.05) is 6.54 Å². The van der Waals surface area contributed by atoms with Gasteiger partial charge in [0.2, 0.25) is 0 Å². The summed E-state index contributed by atoms with van der Waals surface area (Å²) in [6.07, 6.45) is 0.150. The minimum Gasteiger partial charge on any atom is -0.460 e. The van der Waals surface area contributed by atoms with Gasteiger partial charge in [-0.1, -0.05) is 12.1 Å². The van der Waals surface area contributed by atoms with Gasteiger partial charge in [-0.25, -0.2) is 4.79 Å². The zero-order valence-corrected chi connectivity index (χ0v) is 10.3. The Bertz CT molecular complexity index is 346. The molecule has 0 radical (unpaired) electrons. The minimum absolute atomic E-state index is 0.150. The summed E-state index contributed by atoms with van der Waals surface area (Å²) in [4.78, 5) is 11.6. The maximum absolute atomic E-state index is 11.6. The van der Waals surface area contributed by atoms with Crippen LogP contribution in [-0.4, -0.2) is 25.3 Å². The van der Waals surface area contributed by atoms with Gasteiger partial charge in [0.05, 0.1) is 18.3 Å². The van der Waals surface area contributed by atoms with Gasteiger partial charge in [0.15, 0.2) is 0 Å². The quantitative estimate of drug-likeness (QED) is 0.604. The number of carbonyl (C=O) groups excluding carboxylic acids is 1. The Balaban J connectivity index is 2.36. The minimum atomic E-state index is -0.332. The predicted octanol–water partition coefficient (Wildman–Crippen LogP) is 1.73. The van der Waals surface area contributed by atoms with Crippen molar-refractivity contribution >= 4 is 5.97 Å². The third kappa shape index (κ3) is 4.97. The van der Waals surface area contributed by atoms with E-state index in [-0.39, 0.29) is 18.7 Å². The number of carbonyl (C=O) groups is 1. The summed E-state index contributed by atoms with van der Waals surface area (Å²) in [5.74, 6) is -0.332. The molecule has 0 atom stereocenters. The fourth-order valence-electron chi connectivity index (χ4n) is 1.28. The lowest BCUT2D eigenvalue weighted by Gasteiger charge is -2.08. The number of hydrogen-bond donors (Lipinski definition) is 1. The van der Waals surface area contributed by atoms with E-state index in [4.69, 9.17) is 15.2 Å². The first-order valence-corrected chi connectivity index (χ1v) is 5.71. The van der Waals surface area contributed by atoms with Gasteiger partial charge in [0.25, 0.3) is 0 Å². The van der Waals surface area contributed by atoms with E-state index in [2.05, 4.69) is 0 Å². The van der Waals surface area contributed by atoms with Crippen LogP contribution >= 0.6 is 0 Å². The summed E-state index contributed by atoms with van der Waals surface area (Å²) in [6, 6.07) is 7.07. The molecule has 94 valence electrons. The van der Waals surface area contributed by atoms with E-state index in [0.717, 1.165) is 5.56 Å². The van der Waals surface area contributed by atoms with Crippen LogP contribution in [0, 0.1) is 0 Å². The fraction of sp³-hybridized carbons (Fsp3) is 0.462. The number of rotatable bonds is 6. The molecule has 1 rings (SSSR count). The van der Waals surface area contributed by atoms with E-state index in [0.29, 0.717) is 18.7 Å². The molecule has 0 aliphatic heterocycles. The van der Waals surface area contributed by atoms with Gasteiger partial charge in [-0.3, -0.25) is 0 Å². The van der Waals surface area contributed by atoms with E-state index in [1.54, 1.807) is 12.1 Å². The van der Waals surface area contributed by atoms with Gasteiger partial charge >= 0.3 is 5.97 Å². The molecule has 0 bridgehead atoms. The lowest BCUT2D eigenvalue weighted by molar-refractivity contribution is 0.0177. The summed E-state index contributed by atoms with van der Waals surface area (Å²) in [5, 5.41) is 0. The molecule has 0 aromatic heterocycles. The lowest BCUT2D eigenvalue weighted by atomic mass is 10.1. The Hall–Kier alpha value is -1.39. The summed E-state index contributed by atoms with van der Waals surface area (Å²) < 4.78 is 10.3. The zero-order chi connectivity index (χ0) is 12.7. The first-order valence-electron chi connectivity index (χ1n) is 5.71. The third-order valence-electron chi connectivity index (χ3n) is 2.19. The molecule has 0 saturated heterocycles. The third-order valence-corrected chi connectivity index (χ3v) is 2.19. The number of benzene rings is 1. The summed E-state index contributed by atoms with van der Waals surface area (Å²) >= 11 is 0. The second-order valence-corrected chi connectivity index (χ2v) is 3.96. The van der Waals surface area contributed by atoms with Crippen molar-refractivity contribution in [2.24, 2.45) is 5.73 Å². The monoisotopic (exact) mass is 237 g/mol. The SMILES string of the molecule is CC(C)OCCOC(=O)c1ccc(CN)cc1. The molecule has 0 fully saturated rings. The van der Waals surface area contributed by atoms with Crippen molar-refractivity contribution in [2.75, 3.05) is 13.2 Å². The van der Waals surface area contributed by atoms with Crippen LogP contribution in [0.1, 0.15) is 29.8 Å². The van der Waals surface area contributed by atoms with Gasteiger partial charge < -0.3 is 15.2 Å². The summed E-state index contributed by atoms with van der Waals surface area (Å²) in [6.45, 7) is 5.04. The Morgan fingerprint density at radius 3 is 2.41 bits per heavy atom. The van der Waals surface area contributed by atoms with Crippen molar-refractivity contribution in [3.63, 3.8) is 0 Å². The van der Waals surface area contributed by atoms with Gasteiger partial charge in [0.1, 0.15) is 6.61 Å². The topological polar surface area (TPSA) is 61.5 Å². The number of nitrogens with two attached hydrogens (primary N) is 1. The molecule has 2 N–H and O–H groups in total. The highest BCUT2D eigenvalue weighted by atomic mass is 16.6. The van der Waals surface area contributed by atoms with Crippen molar-refractivity contribution < 1.29 is 14.3 Å². The highest BCUT2D eigenvalue weighted by Gasteiger charge is 2.06. The van der Waals surface area contributed by atoms with Gasteiger partial charge in [-0.2, -0.15) is 0 Å². The lowest BCUT2D eigenvalue weighted by Crippen LogP contribution is -2.13. The molecular weight excluding hydrogens is 218 g/mol. The second kappa shape index (κ2) is 7.04. The van der Waals surface area contributed by atoms with Crippen LogP contribution in [0.25, 0.3) is 0 Å². The highest BCUT2D eigenvalue weighted by Crippen LogP contribution is 2.05. The van der Waals surface area contributed by atoms with Crippen molar-refractivity contribution in [3.05, 3.63) is 35.4 Å². The number of esters is 1. The molecule has 1 aromatic carbocycles. The first kappa shape index (κ1) is 13.7. The van der Waals surface area contributed by atoms with Crippen LogP contribution in [0.15, 0.2) is 24.3 Å². The predicted molar refractivity (Wildman–Crippen MR) is 65.7 cm³/mol. The molecule has 0 amide bonds. The molecule has 0 spiro atoms. The molecule has 17 heavy (non-hydrogen) atoms. The average molecular weight is 237 g/mol. The van der Waals surface area contributed by atoms with E-state index < -0.39 is 0 Å². The Labute approximate surface area is 102 Å². The average Bonchev–Trinajstić information content (AvgIpc) is 2.34. The maximum Gasteiger partial charge on any atom is 0.338 e. The zero-order valence-electron chi connectivity index (χ0n) is 10.3. The van der Waals surface area contributed by atoms with Gasteiger partial charge in [-0.15, -0.1) is 0 Å². The molecule has 0 saturated carbocycles. The largest absolute Gasteiger partial charge is 0.460 e. The fourth-order valence-corrected chi connectivity index (χ4v) is 1.28. The number of ether oxygens (including phenoxy) is 2. The molecule has 0 heterocycles. The van der Waals surface area contributed by atoms with Crippen LogP contribution in [0.4, 0.5) is 0 Å². The normalized spacial score (nSPS) is 10.6. The van der Waals surface area contributed by atoms with Crippen LogP contribution in [0.3, 0.4) is 0 Å². The van der Waals surface area contributed by atoms with Crippen LogP contribution in [0.2, 0.25) is 0 Å². The number of hydrogen-bond acceptors (Lipinski definition) is 4. The summed E-state index contributed by atoms with van der Waals surface area (Å²) in [7, 11) is 0. The summed E-state index contributed by atoms with van der Waals surface area (Å²) in [5.41, 5.74) is 6.99.